The van der Waals surface area contributed by atoms with E-state index in [2.05, 4.69) is 47.7 Å². The molecular formula is C26H35N7O6. The minimum atomic E-state index is -1.41. The van der Waals surface area contributed by atoms with Crippen LogP contribution in [0.4, 0.5) is 22.2 Å². The van der Waals surface area contributed by atoms with E-state index < -0.39 is 30.2 Å². The van der Waals surface area contributed by atoms with Crippen molar-refractivity contribution < 1.29 is 29.3 Å². The minimum absolute atomic E-state index is 0.192. The molecule has 39 heavy (non-hydrogen) atoms. The van der Waals surface area contributed by atoms with Gasteiger partial charge in [0.2, 0.25) is 0 Å². The Labute approximate surface area is 226 Å². The molecule has 1 fully saturated rings. The summed E-state index contributed by atoms with van der Waals surface area (Å²) >= 11 is 0. The average molecular weight is 542 g/mol. The standard InChI is InChI=1S/C26H35N7O6/c1-14-21(28-13-20(25(36)37)32-26(38)39-15(2)24(34)35)29-16(3)30-23(14)33-11-8-17(9-12-33)19-7-6-18-5-4-10-27-22(18)31-19/h6-7,15,17,20H,4-5,8-13H2,1-3H3,(H,27,31)(H,32,38)(H,34,35)(H,36,37)(H,28,29,30)/t15?,20-/m0/s1. The van der Waals surface area contributed by atoms with Gasteiger partial charge in [0.1, 0.15) is 29.3 Å². The smallest absolute Gasteiger partial charge is 0.408 e. The molecular weight excluding hydrogens is 506 g/mol. The second kappa shape index (κ2) is 12.1. The number of rotatable bonds is 9. The lowest BCUT2D eigenvalue weighted by Gasteiger charge is -2.34. The molecule has 0 aliphatic carbocycles. The number of carbonyl (C=O) groups is 3. The highest BCUT2D eigenvalue weighted by atomic mass is 16.6. The summed E-state index contributed by atoms with van der Waals surface area (Å²) in [5.74, 6) is 0.492. The number of pyridine rings is 1. The van der Waals surface area contributed by atoms with Gasteiger partial charge >= 0.3 is 18.0 Å². The first kappa shape index (κ1) is 27.9. The molecule has 210 valence electrons. The lowest BCUT2D eigenvalue weighted by atomic mass is 9.92. The third-order valence-corrected chi connectivity index (χ3v) is 7.06. The van der Waals surface area contributed by atoms with Crippen LogP contribution in [0.25, 0.3) is 0 Å². The molecule has 0 saturated carbocycles. The van der Waals surface area contributed by atoms with E-state index in [1.165, 1.54) is 12.5 Å². The molecule has 2 aromatic rings. The van der Waals surface area contributed by atoms with Crippen molar-refractivity contribution >= 4 is 35.5 Å². The van der Waals surface area contributed by atoms with E-state index in [1.807, 2.05) is 6.92 Å². The topological polar surface area (TPSA) is 179 Å². The number of ether oxygens (including phenoxy) is 1. The van der Waals surface area contributed by atoms with Gasteiger partial charge in [0.15, 0.2) is 6.10 Å². The normalized spacial score (nSPS) is 16.8. The maximum absolute atomic E-state index is 11.9. The van der Waals surface area contributed by atoms with Crippen LogP contribution in [-0.2, 0) is 20.7 Å². The molecule has 2 atom stereocenters. The van der Waals surface area contributed by atoms with Crippen molar-refractivity contribution in [3.63, 3.8) is 0 Å². The van der Waals surface area contributed by atoms with Gasteiger partial charge < -0.3 is 35.8 Å². The van der Waals surface area contributed by atoms with Gasteiger partial charge in [0.05, 0.1) is 0 Å². The molecule has 0 spiro atoms. The highest BCUT2D eigenvalue weighted by Crippen LogP contribution is 2.33. The van der Waals surface area contributed by atoms with Gasteiger partial charge in [-0.3, -0.25) is 0 Å². The number of hydrogen-bond acceptors (Lipinski definition) is 10. The lowest BCUT2D eigenvalue weighted by Crippen LogP contribution is -2.46. The van der Waals surface area contributed by atoms with Gasteiger partial charge in [-0.1, -0.05) is 6.07 Å². The van der Waals surface area contributed by atoms with Crippen molar-refractivity contribution in [1.82, 2.24) is 20.3 Å². The Morgan fingerprint density at radius 2 is 1.87 bits per heavy atom. The zero-order chi connectivity index (χ0) is 28.1. The summed E-state index contributed by atoms with van der Waals surface area (Å²) in [6.45, 7) is 7.16. The largest absolute Gasteiger partial charge is 0.480 e. The number of aryl methyl sites for hydroxylation is 2. The number of fused-ring (bicyclic) bond motifs is 1. The van der Waals surface area contributed by atoms with Crippen molar-refractivity contribution in [1.29, 1.82) is 0 Å². The first-order valence-corrected chi connectivity index (χ1v) is 13.1. The second-order valence-corrected chi connectivity index (χ2v) is 9.91. The number of amides is 1. The van der Waals surface area contributed by atoms with E-state index in [0.29, 0.717) is 17.6 Å². The number of carboxylic acid groups (broad SMARTS) is 2. The summed E-state index contributed by atoms with van der Waals surface area (Å²) in [5, 5.41) is 27.0. The van der Waals surface area contributed by atoms with Crippen LogP contribution in [0.3, 0.4) is 0 Å². The summed E-state index contributed by atoms with van der Waals surface area (Å²) in [6.07, 6.45) is 1.51. The molecule has 4 rings (SSSR count). The number of piperidine rings is 1. The van der Waals surface area contributed by atoms with Gasteiger partial charge in [0.25, 0.3) is 0 Å². The molecule has 1 saturated heterocycles. The molecule has 2 aliphatic rings. The number of anilines is 3. The average Bonchev–Trinajstić information content (AvgIpc) is 2.92. The van der Waals surface area contributed by atoms with Crippen molar-refractivity contribution in [2.45, 2.75) is 64.5 Å². The number of nitrogens with zero attached hydrogens (tertiary/aromatic N) is 4. The second-order valence-electron chi connectivity index (χ2n) is 9.91. The van der Waals surface area contributed by atoms with Crippen LogP contribution in [-0.4, -0.2) is 81.5 Å². The van der Waals surface area contributed by atoms with Gasteiger partial charge in [-0.25, -0.2) is 29.3 Å². The Bertz CT molecular complexity index is 1230. The van der Waals surface area contributed by atoms with Crippen LogP contribution in [0.2, 0.25) is 0 Å². The molecule has 1 amide bonds. The fraction of sp³-hybridized carbons (Fsp3) is 0.538. The highest BCUT2D eigenvalue weighted by molar-refractivity contribution is 5.82. The SMILES string of the molecule is Cc1nc(NC[C@H](NC(=O)OC(C)C(=O)O)C(=O)O)c(C)c(N2CCC(c3ccc4c(n3)NCCC4)CC2)n1. The fourth-order valence-electron chi connectivity index (χ4n) is 4.84. The van der Waals surface area contributed by atoms with Crippen molar-refractivity contribution in [3.8, 4) is 0 Å². The summed E-state index contributed by atoms with van der Waals surface area (Å²) in [7, 11) is 0. The molecule has 0 radical (unpaired) electrons. The highest BCUT2D eigenvalue weighted by Gasteiger charge is 2.27. The third-order valence-electron chi connectivity index (χ3n) is 7.06. The molecule has 4 heterocycles. The van der Waals surface area contributed by atoms with Crippen LogP contribution >= 0.6 is 0 Å². The van der Waals surface area contributed by atoms with Gasteiger partial charge in [0, 0.05) is 43.4 Å². The first-order valence-electron chi connectivity index (χ1n) is 13.1. The Balaban J connectivity index is 1.39. The Morgan fingerprint density at radius 3 is 2.56 bits per heavy atom. The molecule has 0 bridgehead atoms. The predicted molar refractivity (Wildman–Crippen MR) is 143 cm³/mol. The molecule has 2 aromatic heterocycles. The zero-order valence-electron chi connectivity index (χ0n) is 22.4. The predicted octanol–water partition coefficient (Wildman–Crippen LogP) is 2.29. The summed E-state index contributed by atoms with van der Waals surface area (Å²) in [6, 6.07) is 2.97. The van der Waals surface area contributed by atoms with Crippen LogP contribution in [0.1, 0.15) is 54.7 Å². The number of nitrogens with one attached hydrogen (secondary N) is 3. The molecule has 1 unspecified atom stereocenters. The lowest BCUT2D eigenvalue weighted by molar-refractivity contribution is -0.145. The van der Waals surface area contributed by atoms with Crippen LogP contribution in [0.5, 0.6) is 0 Å². The first-order chi connectivity index (χ1) is 18.6. The number of carboxylic acids is 2. The van der Waals surface area contributed by atoms with Crippen molar-refractivity contribution in [3.05, 3.63) is 34.8 Å². The van der Waals surface area contributed by atoms with Crippen LogP contribution in [0.15, 0.2) is 12.1 Å². The molecule has 2 aliphatic heterocycles. The minimum Gasteiger partial charge on any atom is -0.480 e. The van der Waals surface area contributed by atoms with E-state index in [4.69, 9.17) is 10.1 Å². The number of carbonyl (C=O) groups excluding carboxylic acids is 1. The molecule has 0 aromatic carbocycles. The Morgan fingerprint density at radius 1 is 1.13 bits per heavy atom. The van der Waals surface area contributed by atoms with E-state index in [1.54, 1.807) is 6.92 Å². The van der Waals surface area contributed by atoms with Gasteiger partial charge in [-0.15, -0.1) is 0 Å². The fourth-order valence-corrected chi connectivity index (χ4v) is 4.84. The van der Waals surface area contributed by atoms with E-state index in [0.717, 1.165) is 68.2 Å². The third kappa shape index (κ3) is 6.84. The van der Waals surface area contributed by atoms with Gasteiger partial charge in [-0.05, 0) is 58.1 Å². The number of alkyl carbamates (subject to hydrolysis) is 1. The Hall–Kier alpha value is -4.16. The Kier molecular flexibility index (Phi) is 8.67. The van der Waals surface area contributed by atoms with Crippen LogP contribution < -0.4 is 20.9 Å². The monoisotopic (exact) mass is 541 g/mol. The summed E-state index contributed by atoms with van der Waals surface area (Å²) in [5.41, 5.74) is 3.16. The van der Waals surface area contributed by atoms with Gasteiger partial charge in [-0.2, -0.15) is 0 Å². The van der Waals surface area contributed by atoms with E-state index in [9.17, 15) is 19.5 Å². The van der Waals surface area contributed by atoms with Crippen LogP contribution in [0, 0.1) is 13.8 Å². The maximum atomic E-state index is 11.9. The summed E-state index contributed by atoms with van der Waals surface area (Å²) in [4.78, 5) is 50.7. The molecule has 13 nitrogen and oxygen atoms in total. The molecule has 13 heteroatoms. The zero-order valence-corrected chi connectivity index (χ0v) is 22.4. The molecule has 5 N–H and O–H groups in total. The summed E-state index contributed by atoms with van der Waals surface area (Å²) < 4.78 is 4.67. The van der Waals surface area contributed by atoms with E-state index >= 15 is 0 Å². The quantitative estimate of drug-likeness (QED) is 0.313. The van der Waals surface area contributed by atoms with Crippen molar-refractivity contribution in [2.24, 2.45) is 0 Å². The number of hydrogen-bond donors (Lipinski definition) is 5. The van der Waals surface area contributed by atoms with E-state index in [-0.39, 0.29) is 6.54 Å². The number of aromatic nitrogens is 3. The number of aliphatic carboxylic acids is 2. The van der Waals surface area contributed by atoms with Crippen molar-refractivity contribution in [2.75, 3.05) is 41.7 Å². The maximum Gasteiger partial charge on any atom is 0.408 e.